The summed E-state index contributed by atoms with van der Waals surface area (Å²) in [6.07, 6.45) is 0. The van der Waals surface area contributed by atoms with E-state index in [1.165, 1.54) is 6.07 Å². The lowest BCUT2D eigenvalue weighted by Crippen LogP contribution is -1.94. The monoisotopic (exact) mass is 252 g/mol. The second kappa shape index (κ2) is 3.41. The van der Waals surface area contributed by atoms with Crippen LogP contribution in [0.2, 0.25) is 0 Å². The molecule has 64 valence electrons. The van der Waals surface area contributed by atoms with E-state index in [0.29, 0.717) is 0 Å². The van der Waals surface area contributed by atoms with Gasteiger partial charge in [0, 0.05) is 0 Å². The fourth-order valence-corrected chi connectivity index (χ4v) is 1.18. The number of carbonyl (C=O) groups excluding carboxylic acids is 1. The maximum absolute atomic E-state index is 13.0. The Morgan fingerprint density at radius 1 is 1.58 bits per heavy atom. The quantitative estimate of drug-likeness (QED) is 0.781. The van der Waals surface area contributed by atoms with Crippen LogP contribution < -0.4 is 0 Å². The first kappa shape index (κ1) is 9.48. The number of hydrogen-bond donors (Lipinski definition) is 1. The predicted molar refractivity (Wildman–Crippen MR) is 45.9 cm³/mol. The van der Waals surface area contributed by atoms with Gasteiger partial charge in [-0.05, 0) is 39.7 Å². The second-order valence-corrected chi connectivity index (χ2v) is 3.17. The Hall–Kier alpha value is -0.610. The van der Waals surface area contributed by atoms with Crippen molar-refractivity contribution in [2.45, 2.75) is 0 Å². The van der Waals surface area contributed by atoms with Crippen molar-refractivity contribution < 1.29 is 14.3 Å². The summed E-state index contributed by atoms with van der Waals surface area (Å²) >= 11 is 7.81. The molecular formula is C7H3BrClFO2. The lowest BCUT2D eigenvalue weighted by Gasteiger charge is -2.00. The van der Waals surface area contributed by atoms with E-state index >= 15 is 0 Å². The molecule has 0 aromatic heterocycles. The van der Waals surface area contributed by atoms with Crippen LogP contribution in [-0.2, 0) is 0 Å². The van der Waals surface area contributed by atoms with Crippen molar-refractivity contribution in [3.63, 3.8) is 0 Å². The Morgan fingerprint density at radius 3 is 2.67 bits per heavy atom. The molecule has 0 radical (unpaired) electrons. The van der Waals surface area contributed by atoms with Crippen LogP contribution >= 0.6 is 27.5 Å². The highest BCUT2D eigenvalue weighted by Crippen LogP contribution is 2.29. The molecular weight excluding hydrogens is 250 g/mol. The van der Waals surface area contributed by atoms with Crippen molar-refractivity contribution in [3.05, 3.63) is 28.0 Å². The van der Waals surface area contributed by atoms with Crippen molar-refractivity contribution in [2.75, 3.05) is 0 Å². The average Bonchev–Trinajstić information content (AvgIpc) is 2.00. The van der Waals surface area contributed by atoms with Crippen LogP contribution in [0.5, 0.6) is 5.75 Å². The topological polar surface area (TPSA) is 37.3 Å². The van der Waals surface area contributed by atoms with Gasteiger partial charge in [0.25, 0.3) is 5.24 Å². The smallest absolute Gasteiger partial charge is 0.255 e. The second-order valence-electron chi connectivity index (χ2n) is 2.03. The number of benzene rings is 1. The van der Waals surface area contributed by atoms with Crippen LogP contribution in [0.3, 0.4) is 0 Å². The minimum absolute atomic E-state index is 0.158. The fourth-order valence-electron chi connectivity index (χ4n) is 0.691. The Bertz CT molecular complexity index is 340. The van der Waals surface area contributed by atoms with Gasteiger partial charge in [0.05, 0.1) is 10.0 Å². The first-order valence-electron chi connectivity index (χ1n) is 2.91. The molecule has 0 aliphatic rings. The van der Waals surface area contributed by atoms with Crippen molar-refractivity contribution in [2.24, 2.45) is 0 Å². The van der Waals surface area contributed by atoms with Gasteiger partial charge in [-0.25, -0.2) is 4.39 Å². The molecule has 0 atom stereocenters. The molecule has 0 unspecified atom stereocenters. The molecule has 0 spiro atoms. The molecule has 0 saturated heterocycles. The molecule has 1 N–H and O–H groups in total. The van der Waals surface area contributed by atoms with E-state index in [1.807, 2.05) is 0 Å². The molecule has 2 nitrogen and oxygen atoms in total. The summed E-state index contributed by atoms with van der Waals surface area (Å²) in [6.45, 7) is 0. The van der Waals surface area contributed by atoms with Gasteiger partial charge >= 0.3 is 0 Å². The highest BCUT2D eigenvalue weighted by Gasteiger charge is 2.14. The zero-order valence-electron chi connectivity index (χ0n) is 5.64. The number of carbonyl (C=O) groups is 1. The first-order valence-corrected chi connectivity index (χ1v) is 4.08. The van der Waals surface area contributed by atoms with Gasteiger partial charge in [-0.3, -0.25) is 4.79 Å². The molecule has 0 amide bonds. The van der Waals surface area contributed by atoms with E-state index in [2.05, 4.69) is 15.9 Å². The van der Waals surface area contributed by atoms with E-state index < -0.39 is 11.1 Å². The SMILES string of the molecule is O=C(Cl)c1ccc(O)c(Br)c1F. The van der Waals surface area contributed by atoms with Crippen LogP contribution in [0, 0.1) is 5.82 Å². The molecule has 0 bridgehead atoms. The lowest BCUT2D eigenvalue weighted by molar-refractivity contribution is 0.107. The highest BCUT2D eigenvalue weighted by atomic mass is 79.9. The molecule has 12 heavy (non-hydrogen) atoms. The molecule has 0 heterocycles. The zero-order valence-corrected chi connectivity index (χ0v) is 7.99. The summed E-state index contributed by atoms with van der Waals surface area (Å²) in [5, 5.41) is 8.07. The Kier molecular flexibility index (Phi) is 2.69. The third kappa shape index (κ3) is 1.59. The lowest BCUT2D eigenvalue weighted by atomic mass is 10.2. The summed E-state index contributed by atoms with van der Waals surface area (Å²) in [5.74, 6) is -1.12. The zero-order chi connectivity index (χ0) is 9.30. The normalized spacial score (nSPS) is 9.92. The molecule has 5 heteroatoms. The Balaban J connectivity index is 3.36. The van der Waals surface area contributed by atoms with Gasteiger partial charge < -0.3 is 5.11 Å². The van der Waals surface area contributed by atoms with E-state index in [0.717, 1.165) is 6.07 Å². The van der Waals surface area contributed by atoms with Gasteiger partial charge in [0.1, 0.15) is 5.75 Å². The molecule has 0 fully saturated rings. The number of phenols is 1. The standard InChI is InChI=1S/C7H3BrClFO2/c8-5-4(11)2-1-3(6(5)10)7(9)12/h1-2,11H. The highest BCUT2D eigenvalue weighted by molar-refractivity contribution is 9.10. The van der Waals surface area contributed by atoms with Crippen LogP contribution in [0.4, 0.5) is 4.39 Å². The van der Waals surface area contributed by atoms with Gasteiger partial charge in [0.2, 0.25) is 0 Å². The fraction of sp³-hybridized carbons (Fsp3) is 0. The predicted octanol–water partition coefficient (Wildman–Crippen LogP) is 2.67. The van der Waals surface area contributed by atoms with Crippen LogP contribution in [-0.4, -0.2) is 10.3 Å². The summed E-state index contributed by atoms with van der Waals surface area (Å²) < 4.78 is 12.8. The van der Waals surface area contributed by atoms with Crippen molar-refractivity contribution in [1.29, 1.82) is 0 Å². The van der Waals surface area contributed by atoms with E-state index in [1.54, 1.807) is 0 Å². The summed E-state index contributed by atoms with van der Waals surface area (Å²) in [7, 11) is 0. The summed E-state index contributed by atoms with van der Waals surface area (Å²) in [4.78, 5) is 10.6. The minimum Gasteiger partial charge on any atom is -0.507 e. The van der Waals surface area contributed by atoms with E-state index in [9.17, 15) is 9.18 Å². The van der Waals surface area contributed by atoms with Gasteiger partial charge in [-0.1, -0.05) is 0 Å². The van der Waals surface area contributed by atoms with Crippen molar-refractivity contribution >= 4 is 32.8 Å². The number of aromatic hydroxyl groups is 1. The van der Waals surface area contributed by atoms with Crippen LogP contribution in [0.15, 0.2) is 16.6 Å². The third-order valence-corrected chi connectivity index (χ3v) is 2.23. The third-order valence-electron chi connectivity index (χ3n) is 1.27. The largest absolute Gasteiger partial charge is 0.507 e. The number of phenolic OH excluding ortho intramolecular Hbond substituents is 1. The van der Waals surface area contributed by atoms with E-state index in [4.69, 9.17) is 16.7 Å². The Morgan fingerprint density at radius 2 is 2.17 bits per heavy atom. The van der Waals surface area contributed by atoms with Gasteiger partial charge in [-0.2, -0.15) is 0 Å². The minimum atomic E-state index is -0.895. The summed E-state index contributed by atoms with van der Waals surface area (Å²) in [6, 6.07) is 2.30. The van der Waals surface area contributed by atoms with Crippen molar-refractivity contribution in [1.82, 2.24) is 0 Å². The van der Waals surface area contributed by atoms with Gasteiger partial charge in [-0.15, -0.1) is 0 Å². The molecule has 1 aromatic rings. The summed E-state index contributed by atoms with van der Waals surface area (Å²) in [5.41, 5.74) is -0.263. The molecule has 1 aromatic carbocycles. The number of halogens is 3. The molecule has 1 rings (SSSR count). The maximum Gasteiger partial charge on any atom is 0.255 e. The van der Waals surface area contributed by atoms with E-state index in [-0.39, 0.29) is 15.8 Å². The number of rotatable bonds is 1. The Labute approximate surface area is 81.1 Å². The molecule has 0 saturated carbocycles. The van der Waals surface area contributed by atoms with Crippen LogP contribution in [0.1, 0.15) is 10.4 Å². The van der Waals surface area contributed by atoms with Gasteiger partial charge in [0.15, 0.2) is 5.82 Å². The van der Waals surface area contributed by atoms with Crippen LogP contribution in [0.25, 0.3) is 0 Å². The molecule has 0 aliphatic carbocycles. The number of hydrogen-bond acceptors (Lipinski definition) is 2. The maximum atomic E-state index is 13.0. The molecule has 0 aliphatic heterocycles. The average molecular weight is 253 g/mol. The first-order chi connectivity index (χ1) is 5.54. The van der Waals surface area contributed by atoms with Crippen molar-refractivity contribution in [3.8, 4) is 5.75 Å².